The van der Waals surface area contributed by atoms with Crippen LogP contribution in [0.15, 0.2) is 79.5 Å². The van der Waals surface area contributed by atoms with Crippen molar-refractivity contribution in [1.29, 1.82) is 0 Å². The lowest BCUT2D eigenvalue weighted by atomic mass is 9.96. The van der Waals surface area contributed by atoms with Crippen molar-refractivity contribution >= 4 is 28.5 Å². The number of benzene rings is 2. The molecule has 5 aromatic rings. The lowest BCUT2D eigenvalue weighted by Crippen LogP contribution is -2.14. The zero-order valence-electron chi connectivity index (χ0n) is 21.6. The summed E-state index contributed by atoms with van der Waals surface area (Å²) in [5, 5.41) is 0. The third kappa shape index (κ3) is 5.49. The average molecular weight is 505 g/mol. The number of hydrogen-bond acceptors (Lipinski definition) is 7. The van der Waals surface area contributed by atoms with E-state index in [4.69, 9.17) is 0 Å². The summed E-state index contributed by atoms with van der Waals surface area (Å²) in [4.78, 5) is 45.4. The van der Waals surface area contributed by atoms with Gasteiger partial charge in [0.1, 0.15) is 17.5 Å². The molecule has 0 amide bonds. The number of ketones is 2. The lowest BCUT2D eigenvalue weighted by molar-refractivity contribution is 0.0891. The lowest BCUT2D eigenvalue weighted by Gasteiger charge is -2.15. The maximum atomic E-state index is 13.3. The van der Waals surface area contributed by atoms with Crippen LogP contribution in [0.3, 0.4) is 0 Å². The predicted molar refractivity (Wildman–Crippen MR) is 147 cm³/mol. The quantitative estimate of drug-likeness (QED) is 0.212. The van der Waals surface area contributed by atoms with Crippen LogP contribution in [0, 0.1) is 6.92 Å². The number of hydrogen-bond donors (Lipinski definition) is 0. The summed E-state index contributed by atoms with van der Waals surface area (Å²) in [6.45, 7) is 2.37. The van der Waals surface area contributed by atoms with E-state index in [-0.39, 0.29) is 18.0 Å². The van der Waals surface area contributed by atoms with Gasteiger partial charge in [-0.25, -0.2) is 15.0 Å². The molecule has 0 N–H and O–H groups in total. The first-order valence-electron chi connectivity index (χ1n) is 12.4. The van der Waals surface area contributed by atoms with E-state index in [1.165, 1.54) is 6.33 Å². The molecular weight excluding hydrogens is 476 g/mol. The van der Waals surface area contributed by atoms with Crippen molar-refractivity contribution in [3.63, 3.8) is 0 Å². The van der Waals surface area contributed by atoms with Gasteiger partial charge in [-0.1, -0.05) is 36.4 Å². The molecule has 8 nitrogen and oxygen atoms in total. The van der Waals surface area contributed by atoms with Crippen molar-refractivity contribution in [3.05, 3.63) is 113 Å². The molecule has 0 bridgehead atoms. The molecule has 0 aliphatic rings. The summed E-state index contributed by atoms with van der Waals surface area (Å²) in [6, 6.07) is 19.5. The first kappa shape index (κ1) is 25.0. The van der Waals surface area contributed by atoms with Gasteiger partial charge in [0, 0.05) is 32.4 Å². The molecule has 0 saturated heterocycles. The second-order valence-corrected chi connectivity index (χ2v) is 9.58. The monoisotopic (exact) mass is 504 g/mol. The van der Waals surface area contributed by atoms with E-state index >= 15 is 0 Å². The first-order chi connectivity index (χ1) is 18.4. The highest BCUT2D eigenvalue weighted by atomic mass is 16.1. The molecule has 3 heterocycles. The van der Waals surface area contributed by atoms with Gasteiger partial charge < -0.3 is 9.47 Å². The summed E-state index contributed by atoms with van der Waals surface area (Å²) < 4.78 is 1.99. The van der Waals surface area contributed by atoms with E-state index in [2.05, 4.69) is 38.1 Å². The summed E-state index contributed by atoms with van der Waals surface area (Å²) in [5.41, 5.74) is 6.22. The maximum Gasteiger partial charge on any atom is 0.188 e. The van der Waals surface area contributed by atoms with Crippen LogP contribution in [-0.4, -0.2) is 50.2 Å². The minimum atomic E-state index is -0.290. The highest BCUT2D eigenvalue weighted by Gasteiger charge is 2.18. The van der Waals surface area contributed by atoms with E-state index in [9.17, 15) is 9.59 Å². The van der Waals surface area contributed by atoms with Crippen LogP contribution in [0.1, 0.15) is 49.5 Å². The Morgan fingerprint density at radius 3 is 2.39 bits per heavy atom. The van der Waals surface area contributed by atoms with Gasteiger partial charge >= 0.3 is 0 Å². The molecule has 0 atom stereocenters. The van der Waals surface area contributed by atoms with Crippen molar-refractivity contribution in [1.82, 2.24) is 24.5 Å². The van der Waals surface area contributed by atoms with Gasteiger partial charge in [0.25, 0.3) is 0 Å². The number of nitrogens with zero attached hydrogens (tertiary/aromatic N) is 6. The van der Waals surface area contributed by atoms with Gasteiger partial charge in [0.05, 0.1) is 12.7 Å². The van der Waals surface area contributed by atoms with Crippen LogP contribution < -0.4 is 4.90 Å². The SMILES string of the molecule is Cc1ccnc(C(=O)CC(=O)c2cc(Cc3ccccc3)cc(Cn3cnc4ncnc(N(C)C)c43)c2)c1. The van der Waals surface area contributed by atoms with Gasteiger partial charge in [-0.15, -0.1) is 0 Å². The molecule has 2 aromatic carbocycles. The molecule has 5 rings (SSSR count). The van der Waals surface area contributed by atoms with E-state index in [1.807, 2.05) is 66.9 Å². The molecule has 190 valence electrons. The van der Waals surface area contributed by atoms with Crippen molar-refractivity contribution in [2.75, 3.05) is 19.0 Å². The number of aromatic nitrogens is 5. The minimum Gasteiger partial charge on any atom is -0.361 e. The number of imidazole rings is 1. The predicted octanol–water partition coefficient (Wildman–Crippen LogP) is 4.69. The second-order valence-electron chi connectivity index (χ2n) is 9.58. The third-order valence-electron chi connectivity index (χ3n) is 6.31. The van der Waals surface area contributed by atoms with Gasteiger partial charge in [-0.3, -0.25) is 14.6 Å². The number of Topliss-reactive ketones (excluding diaryl/α,β-unsaturated/α-hetero) is 2. The van der Waals surface area contributed by atoms with Gasteiger partial charge in [0.15, 0.2) is 23.0 Å². The Morgan fingerprint density at radius 2 is 1.63 bits per heavy atom. The van der Waals surface area contributed by atoms with E-state index in [0.29, 0.717) is 29.9 Å². The molecule has 8 heteroatoms. The summed E-state index contributed by atoms with van der Waals surface area (Å²) in [7, 11) is 3.85. The van der Waals surface area contributed by atoms with E-state index in [1.54, 1.807) is 18.6 Å². The Hall–Kier alpha value is -4.72. The van der Waals surface area contributed by atoms with E-state index < -0.39 is 0 Å². The van der Waals surface area contributed by atoms with Gasteiger partial charge in [0.2, 0.25) is 0 Å². The van der Waals surface area contributed by atoms with Crippen LogP contribution in [0.4, 0.5) is 5.82 Å². The first-order valence-corrected chi connectivity index (χ1v) is 12.4. The van der Waals surface area contributed by atoms with Crippen molar-refractivity contribution in [2.24, 2.45) is 0 Å². The van der Waals surface area contributed by atoms with Crippen LogP contribution >= 0.6 is 0 Å². The molecule has 0 unspecified atom stereocenters. The zero-order valence-corrected chi connectivity index (χ0v) is 21.6. The fraction of sp³-hybridized carbons (Fsp3) is 0.200. The standard InChI is InChI=1S/C30H28N6O2/c1-20-9-10-31-25(11-20)27(38)16-26(37)24-14-22(12-21-7-5-4-6-8-21)13-23(15-24)17-36-19-34-29-28(36)30(35(2)3)33-18-32-29/h4-11,13-15,18-19H,12,16-17H2,1-3H3. The number of carbonyl (C=O) groups is 2. The van der Waals surface area contributed by atoms with Crippen LogP contribution in [0.2, 0.25) is 0 Å². The zero-order chi connectivity index (χ0) is 26.6. The largest absolute Gasteiger partial charge is 0.361 e. The van der Waals surface area contributed by atoms with Crippen LogP contribution in [0.25, 0.3) is 11.2 Å². The number of carbonyl (C=O) groups excluding carboxylic acids is 2. The average Bonchev–Trinajstić information content (AvgIpc) is 3.31. The fourth-order valence-corrected chi connectivity index (χ4v) is 4.51. The Balaban J connectivity index is 1.50. The van der Waals surface area contributed by atoms with Crippen LogP contribution in [-0.2, 0) is 13.0 Å². The third-order valence-corrected chi connectivity index (χ3v) is 6.31. The normalized spacial score (nSPS) is 11.0. The fourth-order valence-electron chi connectivity index (χ4n) is 4.51. The Labute approximate surface area is 221 Å². The van der Waals surface area contributed by atoms with Gasteiger partial charge in [-0.2, -0.15) is 0 Å². The highest BCUT2D eigenvalue weighted by molar-refractivity contribution is 6.13. The molecule has 0 aliphatic carbocycles. The number of aryl methyl sites for hydroxylation is 1. The number of anilines is 1. The van der Waals surface area contributed by atoms with Gasteiger partial charge in [-0.05, 0) is 59.9 Å². The highest BCUT2D eigenvalue weighted by Crippen LogP contribution is 2.23. The second kappa shape index (κ2) is 10.7. The van der Waals surface area contributed by atoms with Crippen molar-refractivity contribution < 1.29 is 9.59 Å². The van der Waals surface area contributed by atoms with Crippen molar-refractivity contribution in [3.8, 4) is 0 Å². The summed E-state index contributed by atoms with van der Waals surface area (Å²) >= 11 is 0. The Morgan fingerprint density at radius 1 is 0.842 bits per heavy atom. The smallest absolute Gasteiger partial charge is 0.188 e. The van der Waals surface area contributed by atoms with Crippen molar-refractivity contribution in [2.45, 2.75) is 26.3 Å². The number of pyridine rings is 1. The Kier molecular flexibility index (Phi) is 7.04. The summed E-state index contributed by atoms with van der Waals surface area (Å²) in [6.07, 6.45) is 5.26. The molecule has 0 radical (unpaired) electrons. The van der Waals surface area contributed by atoms with Crippen LogP contribution in [0.5, 0.6) is 0 Å². The molecule has 38 heavy (non-hydrogen) atoms. The van der Waals surface area contributed by atoms with E-state index in [0.717, 1.165) is 33.6 Å². The maximum absolute atomic E-state index is 13.3. The molecular formula is C30H28N6O2. The molecule has 0 fully saturated rings. The topological polar surface area (TPSA) is 93.9 Å². The number of fused-ring (bicyclic) bond motifs is 1. The molecule has 3 aromatic heterocycles. The Bertz CT molecular complexity index is 1620. The number of rotatable bonds is 9. The summed E-state index contributed by atoms with van der Waals surface area (Å²) in [5.74, 6) is 0.241. The molecule has 0 spiro atoms. The molecule has 0 aliphatic heterocycles. The molecule has 0 saturated carbocycles. The minimum absolute atomic E-state index is 0.234.